The predicted molar refractivity (Wildman–Crippen MR) is 99.6 cm³/mol. The van der Waals surface area contributed by atoms with E-state index in [1.807, 2.05) is 26.4 Å². The van der Waals surface area contributed by atoms with Crippen LogP contribution in [0, 0.1) is 0 Å². The molecule has 146 valence electrons. The number of aromatic nitrogens is 4. The maximum Gasteiger partial charge on any atom is 0.319 e. The first-order valence-corrected chi connectivity index (χ1v) is 9.27. The number of carbonyl (C=O) groups excluding carboxylic acids is 2. The average Bonchev–Trinajstić information content (AvgIpc) is 3.25. The van der Waals surface area contributed by atoms with Crippen molar-refractivity contribution in [3.63, 3.8) is 0 Å². The van der Waals surface area contributed by atoms with Gasteiger partial charge in [-0.15, -0.1) is 0 Å². The molecule has 3 heterocycles. The minimum absolute atomic E-state index is 0.0115. The first kappa shape index (κ1) is 18.9. The second-order valence-corrected chi connectivity index (χ2v) is 6.98. The number of hydrogen-bond acceptors (Lipinski definition) is 4. The van der Waals surface area contributed by atoms with Crippen molar-refractivity contribution in [3.05, 3.63) is 36.2 Å². The molecule has 0 radical (unpaired) electrons. The van der Waals surface area contributed by atoms with Gasteiger partial charge in [-0.1, -0.05) is 0 Å². The summed E-state index contributed by atoms with van der Waals surface area (Å²) in [6.07, 6.45) is 7.48. The number of nitrogens with one attached hydrogen (secondary N) is 1. The Bertz CT molecular complexity index is 767. The molecule has 0 fully saturated rings. The molecule has 2 aromatic heterocycles. The van der Waals surface area contributed by atoms with Gasteiger partial charge in [-0.05, 0) is 18.9 Å². The van der Waals surface area contributed by atoms with Crippen LogP contribution in [0.2, 0.25) is 0 Å². The maximum atomic E-state index is 12.2. The second kappa shape index (κ2) is 8.70. The minimum Gasteiger partial charge on any atom is -0.350 e. The van der Waals surface area contributed by atoms with Crippen LogP contribution in [0.1, 0.15) is 30.7 Å². The summed E-state index contributed by atoms with van der Waals surface area (Å²) in [4.78, 5) is 31.7. The van der Waals surface area contributed by atoms with Crippen molar-refractivity contribution in [3.8, 4) is 0 Å². The van der Waals surface area contributed by atoms with Crippen molar-refractivity contribution in [1.82, 2.24) is 34.4 Å². The van der Waals surface area contributed by atoms with Crippen LogP contribution in [0.15, 0.2) is 24.8 Å². The van der Waals surface area contributed by atoms with Crippen molar-refractivity contribution in [1.29, 1.82) is 0 Å². The zero-order chi connectivity index (χ0) is 19.2. The Balaban J connectivity index is 1.48. The van der Waals surface area contributed by atoms with Crippen molar-refractivity contribution >= 4 is 11.9 Å². The quantitative estimate of drug-likeness (QED) is 0.820. The lowest BCUT2D eigenvalue weighted by atomic mass is 10.3. The number of aryl methyl sites for hydroxylation is 2. The first-order chi connectivity index (χ1) is 13.0. The fraction of sp³-hybridized carbons (Fsp3) is 0.556. The monoisotopic (exact) mass is 373 g/mol. The highest BCUT2D eigenvalue weighted by molar-refractivity contribution is 5.75. The Morgan fingerprint density at radius 3 is 2.89 bits per heavy atom. The van der Waals surface area contributed by atoms with E-state index in [0.717, 1.165) is 43.9 Å². The van der Waals surface area contributed by atoms with Crippen molar-refractivity contribution in [2.75, 3.05) is 20.6 Å². The van der Waals surface area contributed by atoms with Gasteiger partial charge in [0.2, 0.25) is 5.91 Å². The van der Waals surface area contributed by atoms with E-state index in [-0.39, 0.29) is 11.9 Å². The molecule has 9 nitrogen and oxygen atoms in total. The zero-order valence-corrected chi connectivity index (χ0v) is 16.0. The third-order valence-electron chi connectivity index (χ3n) is 4.56. The summed E-state index contributed by atoms with van der Waals surface area (Å²) in [6.45, 7) is 3.24. The molecule has 0 saturated heterocycles. The van der Waals surface area contributed by atoms with Gasteiger partial charge in [-0.25, -0.2) is 9.78 Å². The molecule has 2 aromatic rings. The van der Waals surface area contributed by atoms with Crippen LogP contribution in [0.5, 0.6) is 0 Å². The summed E-state index contributed by atoms with van der Waals surface area (Å²) >= 11 is 0. The van der Waals surface area contributed by atoms with Gasteiger partial charge in [-0.3, -0.25) is 9.48 Å². The number of fused-ring (bicyclic) bond motifs is 1. The number of nitrogens with zero attached hydrogens (tertiary/aromatic N) is 6. The summed E-state index contributed by atoms with van der Waals surface area (Å²) < 4.78 is 3.91. The SMILES string of the molecule is CN(C)C(=O)N1CCCn2nc(CNC(=O)CCCn3ccnc3)cc2C1. The van der Waals surface area contributed by atoms with Gasteiger partial charge in [0.25, 0.3) is 0 Å². The molecule has 3 rings (SSSR count). The van der Waals surface area contributed by atoms with Gasteiger partial charge in [0.15, 0.2) is 0 Å². The second-order valence-electron chi connectivity index (χ2n) is 6.98. The largest absolute Gasteiger partial charge is 0.350 e. The van der Waals surface area contributed by atoms with Crippen LogP contribution < -0.4 is 5.32 Å². The Morgan fingerprint density at radius 1 is 1.30 bits per heavy atom. The highest BCUT2D eigenvalue weighted by Gasteiger charge is 2.21. The topological polar surface area (TPSA) is 88.3 Å². The molecule has 1 aliphatic heterocycles. The Labute approximate surface area is 159 Å². The molecule has 0 aliphatic carbocycles. The van der Waals surface area contributed by atoms with E-state index < -0.39 is 0 Å². The molecule has 1 N–H and O–H groups in total. The lowest BCUT2D eigenvalue weighted by Crippen LogP contribution is -2.38. The number of hydrogen-bond donors (Lipinski definition) is 1. The highest BCUT2D eigenvalue weighted by Crippen LogP contribution is 2.15. The van der Waals surface area contributed by atoms with E-state index in [1.165, 1.54) is 0 Å². The number of imidazole rings is 1. The molecular weight excluding hydrogens is 346 g/mol. The minimum atomic E-state index is 0.0115. The van der Waals surface area contributed by atoms with Crippen LogP contribution in [0.4, 0.5) is 4.79 Å². The molecule has 0 bridgehead atoms. The van der Waals surface area contributed by atoms with Gasteiger partial charge in [0, 0.05) is 52.5 Å². The number of carbonyl (C=O) groups is 2. The third-order valence-corrected chi connectivity index (χ3v) is 4.56. The van der Waals surface area contributed by atoms with Crippen LogP contribution in [-0.4, -0.2) is 61.7 Å². The first-order valence-electron chi connectivity index (χ1n) is 9.27. The third kappa shape index (κ3) is 5.08. The smallest absolute Gasteiger partial charge is 0.319 e. The molecule has 3 amide bonds. The van der Waals surface area contributed by atoms with Crippen molar-refractivity contribution in [2.45, 2.75) is 45.4 Å². The normalized spacial score (nSPS) is 13.8. The fourth-order valence-corrected chi connectivity index (χ4v) is 3.17. The van der Waals surface area contributed by atoms with Gasteiger partial charge in [-0.2, -0.15) is 5.10 Å². The summed E-state index contributed by atoms with van der Waals surface area (Å²) in [5.41, 5.74) is 1.83. The average molecular weight is 373 g/mol. The van der Waals surface area contributed by atoms with E-state index in [0.29, 0.717) is 19.5 Å². The van der Waals surface area contributed by atoms with E-state index >= 15 is 0 Å². The number of rotatable bonds is 6. The molecule has 0 spiro atoms. The van der Waals surface area contributed by atoms with Crippen molar-refractivity contribution in [2.24, 2.45) is 0 Å². The molecule has 1 aliphatic rings. The Morgan fingerprint density at radius 2 is 2.15 bits per heavy atom. The van der Waals surface area contributed by atoms with Crippen LogP contribution in [-0.2, 0) is 31.0 Å². The highest BCUT2D eigenvalue weighted by atomic mass is 16.2. The molecule has 0 saturated carbocycles. The van der Waals surface area contributed by atoms with Crippen molar-refractivity contribution < 1.29 is 9.59 Å². The molecule has 0 aromatic carbocycles. The summed E-state index contributed by atoms with van der Waals surface area (Å²) in [6, 6.07) is 1.99. The summed E-state index contributed by atoms with van der Waals surface area (Å²) in [5.74, 6) is 0.0164. The Kier molecular flexibility index (Phi) is 6.10. The van der Waals surface area contributed by atoms with Crippen LogP contribution >= 0.6 is 0 Å². The Hall–Kier alpha value is -2.84. The molecular formula is C18H27N7O2. The molecule has 0 unspecified atom stereocenters. The predicted octanol–water partition coefficient (Wildman–Crippen LogP) is 1.06. The summed E-state index contributed by atoms with van der Waals surface area (Å²) in [5, 5.41) is 7.51. The van der Waals surface area contributed by atoms with Crippen LogP contribution in [0.25, 0.3) is 0 Å². The van der Waals surface area contributed by atoms with E-state index in [4.69, 9.17) is 0 Å². The van der Waals surface area contributed by atoms with E-state index in [9.17, 15) is 9.59 Å². The summed E-state index contributed by atoms with van der Waals surface area (Å²) in [7, 11) is 3.52. The molecule has 27 heavy (non-hydrogen) atoms. The van der Waals surface area contributed by atoms with Gasteiger partial charge in [0.05, 0.1) is 30.8 Å². The van der Waals surface area contributed by atoms with Gasteiger partial charge in [0.1, 0.15) is 0 Å². The fourth-order valence-electron chi connectivity index (χ4n) is 3.17. The van der Waals surface area contributed by atoms with Crippen LogP contribution in [0.3, 0.4) is 0 Å². The lowest BCUT2D eigenvalue weighted by molar-refractivity contribution is -0.121. The number of urea groups is 1. The standard InChI is InChI=1S/C18H27N7O2/c1-22(2)18(27)24-8-4-9-25-16(13-24)11-15(21-25)12-20-17(26)5-3-7-23-10-6-19-14-23/h6,10-11,14H,3-5,7-9,12-13H2,1-2H3,(H,20,26). The van der Waals surface area contributed by atoms with Gasteiger partial charge < -0.3 is 19.7 Å². The lowest BCUT2D eigenvalue weighted by Gasteiger charge is -2.23. The number of amides is 3. The van der Waals surface area contributed by atoms with Gasteiger partial charge >= 0.3 is 6.03 Å². The zero-order valence-electron chi connectivity index (χ0n) is 16.0. The van der Waals surface area contributed by atoms with E-state index in [1.54, 1.807) is 31.5 Å². The molecule has 0 atom stereocenters. The molecule has 9 heteroatoms. The maximum absolute atomic E-state index is 12.2. The van der Waals surface area contributed by atoms with E-state index in [2.05, 4.69) is 15.4 Å².